The van der Waals surface area contributed by atoms with Crippen LogP contribution in [0.5, 0.6) is 0 Å². The van der Waals surface area contributed by atoms with E-state index in [1.807, 2.05) is 32.1 Å². The van der Waals surface area contributed by atoms with Gasteiger partial charge in [0.2, 0.25) is 0 Å². The first-order chi connectivity index (χ1) is 11.1. The highest BCUT2D eigenvalue weighted by Gasteiger charge is 2.10. The molecule has 0 aliphatic carbocycles. The van der Waals surface area contributed by atoms with Crippen molar-refractivity contribution in [3.05, 3.63) is 47.9 Å². The van der Waals surface area contributed by atoms with E-state index in [1.165, 1.54) is 6.33 Å². The molecule has 116 valence electrons. The number of hydrogen-bond acceptors (Lipinski definition) is 4. The number of nitrogens with one attached hydrogen (secondary N) is 2. The van der Waals surface area contributed by atoms with Crippen molar-refractivity contribution in [2.24, 2.45) is 0 Å². The van der Waals surface area contributed by atoms with Crippen LogP contribution < -0.4 is 10.6 Å². The summed E-state index contributed by atoms with van der Waals surface area (Å²) in [4.78, 5) is 19.9. The van der Waals surface area contributed by atoms with Gasteiger partial charge in [-0.05, 0) is 32.1 Å². The summed E-state index contributed by atoms with van der Waals surface area (Å²) in [6, 6.07) is 3.54. The number of allylic oxidation sites excluding steroid dienone is 3. The van der Waals surface area contributed by atoms with Crippen LogP contribution in [0.15, 0.2) is 42.4 Å². The number of fused-ring (bicyclic) bond motifs is 1. The van der Waals surface area contributed by atoms with Gasteiger partial charge in [0.25, 0.3) is 3.91 Å². The molecule has 1 amide bonds. The maximum Gasteiger partial charge on any atom is 0.285 e. The van der Waals surface area contributed by atoms with Crippen molar-refractivity contribution in [2.75, 3.05) is 10.6 Å². The van der Waals surface area contributed by atoms with Crippen molar-refractivity contribution >= 4 is 48.9 Å². The average molecular weight is 418 g/mol. The molecule has 0 radical (unpaired) electrons. The van der Waals surface area contributed by atoms with E-state index in [0.29, 0.717) is 22.6 Å². The summed E-state index contributed by atoms with van der Waals surface area (Å²) in [5.41, 5.74) is 2.75. The summed E-state index contributed by atoms with van der Waals surface area (Å²) in [5.74, 6) is 3.21. The Morgan fingerprint density at radius 3 is 2.70 bits per heavy atom. The minimum absolute atomic E-state index is 0.215. The van der Waals surface area contributed by atoms with Crippen LogP contribution >= 0.6 is 22.6 Å². The Kier molecular flexibility index (Phi) is 5.71. The van der Waals surface area contributed by atoms with Gasteiger partial charge in [0.05, 0.1) is 16.8 Å². The predicted octanol–water partition coefficient (Wildman–Crippen LogP) is 4.47. The fourth-order valence-electron chi connectivity index (χ4n) is 2.06. The zero-order valence-corrected chi connectivity index (χ0v) is 14.9. The van der Waals surface area contributed by atoms with Gasteiger partial charge in [0.15, 0.2) is 0 Å². The van der Waals surface area contributed by atoms with E-state index in [2.05, 4.69) is 26.5 Å². The van der Waals surface area contributed by atoms with Gasteiger partial charge in [-0.1, -0.05) is 18.1 Å². The Balaban J connectivity index is 2.59. The third-order valence-corrected chi connectivity index (χ3v) is 3.35. The lowest BCUT2D eigenvalue weighted by molar-refractivity contribution is 0.272. The highest BCUT2D eigenvalue weighted by Crippen LogP contribution is 2.27. The molecule has 6 heteroatoms. The normalized spacial score (nSPS) is 11.5. The number of aromatic nitrogens is 2. The van der Waals surface area contributed by atoms with Gasteiger partial charge in [-0.25, -0.2) is 9.97 Å². The number of anilines is 2. The lowest BCUT2D eigenvalue weighted by atomic mass is 10.1. The summed E-state index contributed by atoms with van der Waals surface area (Å²) < 4.78 is -0.215. The molecule has 0 spiro atoms. The van der Waals surface area contributed by atoms with Gasteiger partial charge in [0.1, 0.15) is 12.1 Å². The first-order valence-corrected chi connectivity index (χ1v) is 7.94. The minimum Gasteiger partial charge on any atom is -0.340 e. The molecule has 1 heterocycles. The summed E-state index contributed by atoms with van der Waals surface area (Å²) >= 11 is 1.66. The zero-order chi connectivity index (χ0) is 16.8. The molecule has 0 unspecified atom stereocenters. The van der Waals surface area contributed by atoms with E-state index in [4.69, 9.17) is 6.42 Å². The number of hydrogen-bond donors (Lipinski definition) is 2. The van der Waals surface area contributed by atoms with Crippen molar-refractivity contribution in [3.8, 4) is 12.3 Å². The molecule has 1 aromatic carbocycles. The Hall–Kier alpha value is -2.40. The SMILES string of the molecule is C#Cc1cc2ncnc(NC(/C=C\C)=C/C)c2cc1NC(=O)I. The molecule has 0 aliphatic rings. The van der Waals surface area contributed by atoms with Crippen molar-refractivity contribution in [1.82, 2.24) is 9.97 Å². The van der Waals surface area contributed by atoms with Crippen LogP contribution in [-0.4, -0.2) is 13.9 Å². The van der Waals surface area contributed by atoms with E-state index in [1.54, 1.807) is 34.7 Å². The standard InChI is InChI=1S/C17H15IN4O/c1-4-7-12(6-3)21-16-13-9-14(22-17(18)23)11(5-2)8-15(13)19-10-20-16/h2,4,6-10H,1,3H3,(H,22,23)(H,19,20,21)/b7-4-,12-6+. The number of nitrogens with zero attached hydrogens (tertiary/aromatic N) is 2. The van der Waals surface area contributed by atoms with Crippen LogP contribution in [0, 0.1) is 12.3 Å². The Bertz CT molecular complexity index is 850. The maximum absolute atomic E-state index is 11.4. The van der Waals surface area contributed by atoms with Gasteiger partial charge in [-0.15, -0.1) is 6.42 Å². The molecular formula is C17H15IN4O. The van der Waals surface area contributed by atoms with Crippen LogP contribution in [-0.2, 0) is 0 Å². The third kappa shape index (κ3) is 4.07. The smallest absolute Gasteiger partial charge is 0.285 e. The highest BCUT2D eigenvalue weighted by atomic mass is 127. The van der Waals surface area contributed by atoms with Crippen molar-refractivity contribution < 1.29 is 4.79 Å². The molecule has 0 bridgehead atoms. The molecule has 0 atom stereocenters. The summed E-state index contributed by atoms with van der Waals surface area (Å²) in [6.45, 7) is 3.88. The van der Waals surface area contributed by atoms with Crippen molar-refractivity contribution in [1.29, 1.82) is 0 Å². The van der Waals surface area contributed by atoms with Crippen LogP contribution in [0.25, 0.3) is 10.9 Å². The molecule has 23 heavy (non-hydrogen) atoms. The number of rotatable bonds is 4. The van der Waals surface area contributed by atoms with Crippen LogP contribution in [0.1, 0.15) is 19.4 Å². The fourth-order valence-corrected chi connectivity index (χ4v) is 2.35. The molecule has 2 N–H and O–H groups in total. The van der Waals surface area contributed by atoms with E-state index < -0.39 is 0 Å². The van der Waals surface area contributed by atoms with E-state index in [0.717, 1.165) is 11.1 Å². The number of benzene rings is 1. The monoisotopic (exact) mass is 418 g/mol. The number of terminal acetylenes is 1. The Morgan fingerprint density at radius 2 is 2.09 bits per heavy atom. The maximum atomic E-state index is 11.4. The number of amides is 1. The lowest BCUT2D eigenvalue weighted by Gasteiger charge is -2.11. The van der Waals surface area contributed by atoms with Crippen LogP contribution in [0.3, 0.4) is 0 Å². The largest absolute Gasteiger partial charge is 0.340 e. The fraction of sp³-hybridized carbons (Fsp3) is 0.118. The lowest BCUT2D eigenvalue weighted by Crippen LogP contribution is -2.05. The Labute approximate surface area is 148 Å². The molecule has 0 saturated heterocycles. The molecule has 0 saturated carbocycles. The second kappa shape index (κ2) is 7.74. The minimum atomic E-state index is -0.215. The van der Waals surface area contributed by atoms with Gasteiger partial charge >= 0.3 is 0 Å². The first kappa shape index (κ1) is 17.0. The summed E-state index contributed by atoms with van der Waals surface area (Å²) in [7, 11) is 0. The second-order valence-corrected chi connectivity index (χ2v) is 5.53. The van der Waals surface area contributed by atoms with Gasteiger partial charge in [-0.2, -0.15) is 0 Å². The first-order valence-electron chi connectivity index (χ1n) is 6.87. The number of halogens is 1. The molecule has 1 aromatic heterocycles. The summed E-state index contributed by atoms with van der Waals surface area (Å²) in [5, 5.41) is 6.75. The average Bonchev–Trinajstić information content (AvgIpc) is 2.53. The number of carbonyl (C=O) groups is 1. The highest BCUT2D eigenvalue weighted by molar-refractivity contribution is 14.1. The van der Waals surface area contributed by atoms with Crippen LogP contribution in [0.2, 0.25) is 0 Å². The van der Waals surface area contributed by atoms with E-state index in [-0.39, 0.29) is 3.91 Å². The predicted molar refractivity (Wildman–Crippen MR) is 103 cm³/mol. The number of carbonyl (C=O) groups excluding carboxylic acids is 1. The van der Waals surface area contributed by atoms with Crippen molar-refractivity contribution in [3.63, 3.8) is 0 Å². The quantitative estimate of drug-likeness (QED) is 0.253. The zero-order valence-electron chi connectivity index (χ0n) is 12.7. The van der Waals surface area contributed by atoms with E-state index in [9.17, 15) is 4.79 Å². The molecule has 2 rings (SSSR count). The van der Waals surface area contributed by atoms with Crippen LogP contribution in [0.4, 0.5) is 16.3 Å². The van der Waals surface area contributed by atoms with Gasteiger partial charge in [0, 0.05) is 33.7 Å². The molecule has 2 aromatic rings. The summed E-state index contributed by atoms with van der Waals surface area (Å²) in [6.07, 6.45) is 12.8. The molecular weight excluding hydrogens is 403 g/mol. The molecule has 5 nitrogen and oxygen atoms in total. The second-order valence-electron chi connectivity index (χ2n) is 4.55. The van der Waals surface area contributed by atoms with E-state index >= 15 is 0 Å². The van der Waals surface area contributed by atoms with Gasteiger partial charge in [-0.3, -0.25) is 4.79 Å². The molecule has 0 fully saturated rings. The third-order valence-electron chi connectivity index (χ3n) is 3.08. The topological polar surface area (TPSA) is 66.9 Å². The Morgan fingerprint density at radius 1 is 1.30 bits per heavy atom. The molecule has 0 aliphatic heterocycles. The van der Waals surface area contributed by atoms with Gasteiger partial charge < -0.3 is 10.6 Å². The van der Waals surface area contributed by atoms with Crippen molar-refractivity contribution in [2.45, 2.75) is 13.8 Å².